The number of aliphatic hydroxyl groups excluding tert-OH is 2. The number of esters is 3. The first kappa shape index (κ1) is 53.5. The monoisotopic (exact) mass is 819 g/mol. The van der Waals surface area contributed by atoms with Crippen molar-refractivity contribution in [2.45, 2.75) is 232 Å². The molecule has 3 atom stereocenters. The quantitative estimate of drug-likeness (QED) is 0.0506. The summed E-state index contributed by atoms with van der Waals surface area (Å²) >= 11 is 0. The van der Waals surface area contributed by atoms with Gasteiger partial charge in [0.1, 0.15) is 18.8 Å². The number of hydrogen-bond acceptors (Lipinski definition) is 9. The van der Waals surface area contributed by atoms with Crippen LogP contribution in [0.1, 0.15) is 229 Å². The second kappa shape index (κ2) is 36.4. The van der Waals surface area contributed by atoms with Gasteiger partial charge in [0.25, 0.3) is 0 Å². The fraction of sp³-hybridized carbons (Fsp3) is 0.816. The molecule has 3 unspecified atom stereocenters. The van der Waals surface area contributed by atoms with E-state index in [0.717, 1.165) is 102 Å². The zero-order chi connectivity index (χ0) is 42.6. The van der Waals surface area contributed by atoms with E-state index in [1.54, 1.807) is 24.3 Å². The zero-order valence-electron chi connectivity index (χ0n) is 37.7. The second-order valence-corrected chi connectivity index (χ2v) is 16.5. The summed E-state index contributed by atoms with van der Waals surface area (Å²) < 4.78 is 22.6. The van der Waals surface area contributed by atoms with Crippen LogP contribution in [0.15, 0.2) is 24.3 Å². The number of ether oxygens (including phenoxy) is 4. The lowest BCUT2D eigenvalue weighted by Crippen LogP contribution is -2.24. The van der Waals surface area contributed by atoms with E-state index in [1.165, 1.54) is 70.6 Å². The Kier molecular flexibility index (Phi) is 33.6. The smallest absolute Gasteiger partial charge is 0.339 e. The maximum atomic E-state index is 12.5. The summed E-state index contributed by atoms with van der Waals surface area (Å²) in [6.45, 7) is 12.2. The maximum Gasteiger partial charge on any atom is 0.339 e. The molecule has 2 fully saturated rings. The van der Waals surface area contributed by atoms with Gasteiger partial charge in [0, 0.05) is 19.6 Å². The van der Waals surface area contributed by atoms with E-state index >= 15 is 0 Å². The topological polar surface area (TPSA) is 129 Å². The van der Waals surface area contributed by atoms with Crippen LogP contribution in [0.5, 0.6) is 0 Å². The Balaban J connectivity index is 0.000000538. The van der Waals surface area contributed by atoms with Crippen molar-refractivity contribution >= 4 is 17.9 Å². The Hall–Kier alpha value is -2.49. The predicted molar refractivity (Wildman–Crippen MR) is 235 cm³/mol. The van der Waals surface area contributed by atoms with Crippen LogP contribution >= 0.6 is 0 Å². The zero-order valence-corrected chi connectivity index (χ0v) is 37.7. The number of hydrogen-bond donors (Lipinski definition) is 2. The molecule has 0 amide bonds. The molecule has 1 aromatic carbocycles. The fourth-order valence-electron chi connectivity index (χ4n) is 7.34. The molecule has 2 N–H and O–H groups in total. The molecule has 0 spiro atoms. The van der Waals surface area contributed by atoms with E-state index in [2.05, 4.69) is 27.7 Å². The van der Waals surface area contributed by atoms with E-state index in [0.29, 0.717) is 36.7 Å². The van der Waals surface area contributed by atoms with Crippen molar-refractivity contribution in [1.29, 1.82) is 0 Å². The number of carbonyl (C=O) groups excluding carboxylic acids is 3. The Morgan fingerprint density at radius 3 is 1.60 bits per heavy atom. The van der Waals surface area contributed by atoms with Crippen LogP contribution in [0.25, 0.3) is 0 Å². The number of carbonyl (C=O) groups is 3. The normalized spacial score (nSPS) is 16.1. The summed E-state index contributed by atoms with van der Waals surface area (Å²) in [6.07, 6.45) is 28.7. The first-order chi connectivity index (χ1) is 28.2. The van der Waals surface area contributed by atoms with Gasteiger partial charge >= 0.3 is 17.9 Å². The molecule has 0 bridgehead atoms. The summed E-state index contributed by atoms with van der Waals surface area (Å²) in [4.78, 5) is 36.7. The molecule has 1 aromatic rings. The third-order valence-electron chi connectivity index (χ3n) is 11.3. The molecule has 0 radical (unpaired) electrons. The van der Waals surface area contributed by atoms with Crippen LogP contribution in [0.2, 0.25) is 0 Å². The van der Waals surface area contributed by atoms with Gasteiger partial charge in [-0.25, -0.2) is 9.59 Å². The molecule has 2 aliphatic carbocycles. The van der Waals surface area contributed by atoms with Gasteiger partial charge in [-0.05, 0) is 108 Å². The lowest BCUT2D eigenvalue weighted by atomic mass is 9.97. The summed E-state index contributed by atoms with van der Waals surface area (Å²) in [5.41, 5.74) is 0.646. The Bertz CT molecular complexity index is 1090. The average molecular weight is 819 g/mol. The second-order valence-electron chi connectivity index (χ2n) is 16.5. The maximum absolute atomic E-state index is 12.5. The first-order valence-electron chi connectivity index (χ1n) is 23.8. The molecule has 0 saturated heterocycles. The Morgan fingerprint density at radius 2 is 1.12 bits per heavy atom. The van der Waals surface area contributed by atoms with Crippen molar-refractivity contribution in [3.05, 3.63) is 35.4 Å². The Morgan fingerprint density at radius 1 is 0.621 bits per heavy atom. The van der Waals surface area contributed by atoms with Crippen LogP contribution in [0.4, 0.5) is 0 Å². The Labute approximate surface area is 354 Å². The van der Waals surface area contributed by atoms with Crippen LogP contribution < -0.4 is 0 Å². The average Bonchev–Trinajstić information content (AvgIpc) is 3.26. The van der Waals surface area contributed by atoms with E-state index < -0.39 is 18.0 Å². The van der Waals surface area contributed by atoms with Crippen molar-refractivity contribution in [2.24, 2.45) is 5.92 Å². The minimum absolute atomic E-state index is 0.0197. The van der Waals surface area contributed by atoms with Gasteiger partial charge in [-0.2, -0.15) is 0 Å². The third-order valence-corrected chi connectivity index (χ3v) is 11.3. The number of rotatable bonds is 27. The minimum atomic E-state index is -0.506. The molecule has 336 valence electrons. The van der Waals surface area contributed by atoms with Crippen LogP contribution in [-0.2, 0) is 23.7 Å². The van der Waals surface area contributed by atoms with Crippen molar-refractivity contribution < 1.29 is 43.5 Å². The summed E-state index contributed by atoms with van der Waals surface area (Å²) in [6, 6.07) is 6.83. The van der Waals surface area contributed by atoms with Gasteiger partial charge in [-0.3, -0.25) is 4.79 Å². The largest absolute Gasteiger partial charge is 0.463 e. The number of unbranched alkanes of at least 4 members (excludes halogenated alkanes) is 7. The van der Waals surface area contributed by atoms with Crippen molar-refractivity contribution in [1.82, 2.24) is 0 Å². The van der Waals surface area contributed by atoms with Crippen LogP contribution in [0.3, 0.4) is 0 Å². The van der Waals surface area contributed by atoms with Crippen LogP contribution in [0, 0.1) is 5.92 Å². The van der Waals surface area contributed by atoms with Crippen molar-refractivity contribution in [3.8, 4) is 0 Å². The van der Waals surface area contributed by atoms with E-state index in [4.69, 9.17) is 24.1 Å². The highest BCUT2D eigenvalue weighted by Crippen LogP contribution is 2.25. The van der Waals surface area contributed by atoms with Gasteiger partial charge in [-0.1, -0.05) is 124 Å². The van der Waals surface area contributed by atoms with Gasteiger partial charge in [-0.15, -0.1) is 0 Å². The minimum Gasteiger partial charge on any atom is -0.463 e. The molecule has 2 aliphatic rings. The van der Waals surface area contributed by atoms with E-state index in [9.17, 15) is 19.5 Å². The van der Waals surface area contributed by atoms with Crippen molar-refractivity contribution in [2.75, 3.05) is 19.8 Å². The molecule has 0 aliphatic heterocycles. The highest BCUT2D eigenvalue weighted by atomic mass is 16.6. The lowest BCUT2D eigenvalue weighted by molar-refractivity contribution is -0.146. The van der Waals surface area contributed by atoms with Gasteiger partial charge in [0.2, 0.25) is 0 Å². The van der Waals surface area contributed by atoms with Crippen molar-refractivity contribution in [3.63, 3.8) is 0 Å². The first-order valence-corrected chi connectivity index (χ1v) is 23.8. The highest BCUT2D eigenvalue weighted by Gasteiger charge is 2.25. The third kappa shape index (κ3) is 26.6. The summed E-state index contributed by atoms with van der Waals surface area (Å²) in [5.74, 6) is -0.251. The van der Waals surface area contributed by atoms with Crippen LogP contribution in [-0.4, -0.2) is 72.4 Å². The lowest BCUT2D eigenvalue weighted by Gasteiger charge is -2.23. The molecule has 0 aromatic heterocycles. The highest BCUT2D eigenvalue weighted by molar-refractivity contribution is 6.03. The van der Waals surface area contributed by atoms with Gasteiger partial charge < -0.3 is 29.2 Å². The molecule has 0 heterocycles. The molecule has 9 nitrogen and oxygen atoms in total. The van der Waals surface area contributed by atoms with Gasteiger partial charge in [0.05, 0.1) is 23.3 Å². The molecular formula is C49H86O9. The predicted octanol–water partition coefficient (Wildman–Crippen LogP) is 12.3. The van der Waals surface area contributed by atoms with E-state index in [-0.39, 0.29) is 24.8 Å². The molecular weight excluding hydrogens is 733 g/mol. The summed E-state index contributed by atoms with van der Waals surface area (Å²) in [7, 11) is 0. The van der Waals surface area contributed by atoms with E-state index in [1.807, 2.05) is 6.92 Å². The van der Waals surface area contributed by atoms with Gasteiger partial charge in [0.15, 0.2) is 0 Å². The SMILES string of the molecule is CCCCC(O)COC(=O)CCCCCCCCC(CC)OCC(CC)CCCC.CCCO.O=C(OC1CCCCC1)c1ccccc1C(=O)OC1CCCCC1. The molecule has 58 heavy (non-hydrogen) atoms. The fourth-order valence-corrected chi connectivity index (χ4v) is 7.34. The molecule has 9 heteroatoms. The summed E-state index contributed by atoms with van der Waals surface area (Å²) in [5, 5.41) is 17.6. The number of benzene rings is 1. The number of aliphatic hydroxyl groups is 2. The standard InChI is InChI=1S/C26H52O4.C20H26O4.C3H8O/c1-5-9-17-23(7-3)21-29-25(8-4)19-15-13-11-12-14-16-20-26(28)30-22-24(27)18-10-6-2;21-19(23-15-9-3-1-4-10-15)17-13-7-8-14-18(17)20(22)24-16-11-5-2-6-12-16;1-2-3-4/h23-25,27H,5-22H2,1-4H3;7-8,13-16H,1-6,9-12H2;4H,2-3H2,1H3. The molecule has 2 saturated carbocycles. The molecule has 3 rings (SSSR count).